The molecule has 0 aliphatic carbocycles. The van der Waals surface area contributed by atoms with Crippen LogP contribution >= 0.6 is 11.6 Å². The van der Waals surface area contributed by atoms with Gasteiger partial charge >= 0.3 is 0 Å². The van der Waals surface area contributed by atoms with Crippen molar-refractivity contribution >= 4 is 23.2 Å². The van der Waals surface area contributed by atoms with Crippen LogP contribution in [0.3, 0.4) is 0 Å². The highest BCUT2D eigenvalue weighted by Crippen LogP contribution is 2.23. The topological polar surface area (TPSA) is 34.0 Å². The summed E-state index contributed by atoms with van der Waals surface area (Å²) in [5.41, 5.74) is 2.65. The third kappa shape index (κ3) is 2.93. The Labute approximate surface area is 111 Å². The number of carbonyl (C=O) groups excluding carboxylic acids is 1. The van der Waals surface area contributed by atoms with Crippen LogP contribution in [0.4, 0.5) is 5.69 Å². The van der Waals surface area contributed by atoms with E-state index in [0.29, 0.717) is 11.4 Å². The number of carbonyl (C=O) groups is 1. The maximum atomic E-state index is 11.9. The predicted octanol–water partition coefficient (Wildman–Crippen LogP) is 3.17. The van der Waals surface area contributed by atoms with Crippen LogP contribution in [0, 0.1) is 6.92 Å². The SMILES string of the molecule is Cc1c(Cl)cccc1NC(=O)Cc1ccn(C)c1. The fourth-order valence-electron chi connectivity index (χ4n) is 1.79. The molecular formula is C14H15ClN2O. The van der Waals surface area contributed by atoms with Crippen molar-refractivity contribution in [3.05, 3.63) is 52.8 Å². The second kappa shape index (κ2) is 5.27. The van der Waals surface area contributed by atoms with E-state index in [0.717, 1.165) is 16.8 Å². The highest BCUT2D eigenvalue weighted by atomic mass is 35.5. The van der Waals surface area contributed by atoms with Crippen LogP contribution in [0.25, 0.3) is 0 Å². The molecule has 0 saturated carbocycles. The molecule has 0 atom stereocenters. The van der Waals surface area contributed by atoms with E-state index in [1.165, 1.54) is 0 Å². The van der Waals surface area contributed by atoms with Crippen molar-refractivity contribution < 1.29 is 4.79 Å². The van der Waals surface area contributed by atoms with Crippen LogP contribution in [0.1, 0.15) is 11.1 Å². The van der Waals surface area contributed by atoms with Gasteiger partial charge in [-0.3, -0.25) is 4.79 Å². The first-order chi connectivity index (χ1) is 8.56. The lowest BCUT2D eigenvalue weighted by Gasteiger charge is -2.08. The van der Waals surface area contributed by atoms with Gasteiger partial charge in [0.2, 0.25) is 5.91 Å². The van der Waals surface area contributed by atoms with Crippen LogP contribution < -0.4 is 5.32 Å². The summed E-state index contributed by atoms with van der Waals surface area (Å²) in [6.45, 7) is 1.89. The van der Waals surface area contributed by atoms with E-state index in [2.05, 4.69) is 5.32 Å². The number of rotatable bonds is 3. The van der Waals surface area contributed by atoms with Gasteiger partial charge in [-0.05, 0) is 36.2 Å². The van der Waals surface area contributed by atoms with Gasteiger partial charge in [-0.1, -0.05) is 17.7 Å². The standard InChI is InChI=1S/C14H15ClN2O/c1-10-12(15)4-3-5-13(10)16-14(18)8-11-6-7-17(2)9-11/h3-7,9H,8H2,1-2H3,(H,16,18). The number of aromatic nitrogens is 1. The summed E-state index contributed by atoms with van der Waals surface area (Å²) in [4.78, 5) is 11.9. The number of hydrogen-bond acceptors (Lipinski definition) is 1. The van der Waals surface area contributed by atoms with Crippen molar-refractivity contribution in [2.24, 2.45) is 7.05 Å². The molecular weight excluding hydrogens is 248 g/mol. The second-order valence-corrected chi connectivity index (χ2v) is 4.73. The molecule has 94 valence electrons. The maximum Gasteiger partial charge on any atom is 0.228 e. The molecule has 1 aromatic carbocycles. The van der Waals surface area contributed by atoms with E-state index >= 15 is 0 Å². The number of nitrogens with one attached hydrogen (secondary N) is 1. The Hall–Kier alpha value is -1.74. The largest absolute Gasteiger partial charge is 0.357 e. The first-order valence-electron chi connectivity index (χ1n) is 5.72. The van der Waals surface area contributed by atoms with E-state index in [1.54, 1.807) is 0 Å². The number of benzene rings is 1. The molecule has 0 unspecified atom stereocenters. The lowest BCUT2D eigenvalue weighted by Crippen LogP contribution is -2.14. The molecule has 18 heavy (non-hydrogen) atoms. The minimum atomic E-state index is -0.0356. The van der Waals surface area contributed by atoms with E-state index in [4.69, 9.17) is 11.6 Å². The summed E-state index contributed by atoms with van der Waals surface area (Å²) >= 11 is 6.01. The van der Waals surface area contributed by atoms with Crippen molar-refractivity contribution in [1.29, 1.82) is 0 Å². The third-order valence-corrected chi connectivity index (χ3v) is 3.21. The first kappa shape index (κ1) is 12.7. The Bertz CT molecular complexity index is 575. The number of halogens is 1. The van der Waals surface area contributed by atoms with Crippen LogP contribution in [-0.4, -0.2) is 10.5 Å². The molecule has 1 aromatic heterocycles. The van der Waals surface area contributed by atoms with Crippen LogP contribution in [0.2, 0.25) is 5.02 Å². The molecule has 2 rings (SSSR count). The van der Waals surface area contributed by atoms with Gasteiger partial charge in [0.1, 0.15) is 0 Å². The molecule has 0 aliphatic rings. The number of amides is 1. The van der Waals surface area contributed by atoms with E-state index < -0.39 is 0 Å². The molecule has 1 N–H and O–H groups in total. The summed E-state index contributed by atoms with van der Waals surface area (Å²) in [5, 5.41) is 3.54. The molecule has 0 spiro atoms. The Kier molecular flexibility index (Phi) is 3.72. The summed E-state index contributed by atoms with van der Waals surface area (Å²) in [5.74, 6) is -0.0356. The molecule has 0 radical (unpaired) electrons. The molecule has 1 heterocycles. The molecule has 3 nitrogen and oxygen atoms in total. The Balaban J connectivity index is 2.05. The third-order valence-electron chi connectivity index (χ3n) is 2.80. The minimum absolute atomic E-state index is 0.0356. The van der Waals surface area contributed by atoms with Crippen LogP contribution in [0.15, 0.2) is 36.7 Å². The van der Waals surface area contributed by atoms with Crippen molar-refractivity contribution in [2.75, 3.05) is 5.32 Å². The lowest BCUT2D eigenvalue weighted by atomic mass is 10.2. The van der Waals surface area contributed by atoms with Gasteiger partial charge in [-0.25, -0.2) is 0 Å². The molecule has 1 amide bonds. The minimum Gasteiger partial charge on any atom is -0.357 e. The Morgan fingerprint density at radius 3 is 2.83 bits per heavy atom. The van der Waals surface area contributed by atoms with Crippen LogP contribution in [0.5, 0.6) is 0 Å². The zero-order chi connectivity index (χ0) is 13.1. The maximum absolute atomic E-state index is 11.9. The van der Waals surface area contributed by atoms with Crippen LogP contribution in [-0.2, 0) is 18.3 Å². The van der Waals surface area contributed by atoms with Gasteiger partial charge in [0.15, 0.2) is 0 Å². The Morgan fingerprint density at radius 1 is 1.39 bits per heavy atom. The van der Waals surface area contributed by atoms with Crippen molar-refractivity contribution in [1.82, 2.24) is 4.57 Å². The van der Waals surface area contributed by atoms with Gasteiger partial charge < -0.3 is 9.88 Å². The van der Waals surface area contributed by atoms with Crippen molar-refractivity contribution in [3.63, 3.8) is 0 Å². The predicted molar refractivity (Wildman–Crippen MR) is 73.9 cm³/mol. The summed E-state index contributed by atoms with van der Waals surface area (Å²) in [7, 11) is 1.93. The monoisotopic (exact) mass is 262 g/mol. The summed E-state index contributed by atoms with van der Waals surface area (Å²) in [6, 6.07) is 7.42. The zero-order valence-electron chi connectivity index (χ0n) is 10.4. The molecule has 2 aromatic rings. The molecule has 0 saturated heterocycles. The van der Waals surface area contributed by atoms with Gasteiger partial charge in [0.05, 0.1) is 6.42 Å². The van der Waals surface area contributed by atoms with Gasteiger partial charge in [0, 0.05) is 30.2 Å². The van der Waals surface area contributed by atoms with Crippen molar-refractivity contribution in [2.45, 2.75) is 13.3 Å². The highest BCUT2D eigenvalue weighted by Gasteiger charge is 2.08. The number of aryl methyl sites for hydroxylation is 1. The van der Waals surface area contributed by atoms with E-state index in [1.807, 2.05) is 55.2 Å². The summed E-state index contributed by atoms with van der Waals surface area (Å²) < 4.78 is 1.92. The van der Waals surface area contributed by atoms with Gasteiger partial charge in [0.25, 0.3) is 0 Å². The number of nitrogens with zero attached hydrogens (tertiary/aromatic N) is 1. The Morgan fingerprint density at radius 2 is 2.17 bits per heavy atom. The second-order valence-electron chi connectivity index (χ2n) is 4.32. The molecule has 0 bridgehead atoms. The average molecular weight is 263 g/mol. The van der Waals surface area contributed by atoms with Gasteiger partial charge in [-0.2, -0.15) is 0 Å². The smallest absolute Gasteiger partial charge is 0.228 e. The van der Waals surface area contributed by atoms with Gasteiger partial charge in [-0.15, -0.1) is 0 Å². The van der Waals surface area contributed by atoms with Crippen molar-refractivity contribution in [3.8, 4) is 0 Å². The zero-order valence-corrected chi connectivity index (χ0v) is 11.2. The fraction of sp³-hybridized carbons (Fsp3) is 0.214. The molecule has 4 heteroatoms. The molecule has 0 fully saturated rings. The van der Waals surface area contributed by atoms with E-state index in [9.17, 15) is 4.79 Å². The number of anilines is 1. The number of hydrogen-bond donors (Lipinski definition) is 1. The lowest BCUT2D eigenvalue weighted by molar-refractivity contribution is -0.115. The average Bonchev–Trinajstić information content (AvgIpc) is 2.70. The fourth-order valence-corrected chi connectivity index (χ4v) is 1.96. The normalized spacial score (nSPS) is 10.4. The quantitative estimate of drug-likeness (QED) is 0.906. The highest BCUT2D eigenvalue weighted by molar-refractivity contribution is 6.31. The molecule has 0 aliphatic heterocycles. The van der Waals surface area contributed by atoms with E-state index in [-0.39, 0.29) is 5.91 Å². The first-order valence-corrected chi connectivity index (χ1v) is 6.10. The summed E-state index contributed by atoms with van der Waals surface area (Å²) in [6.07, 6.45) is 4.23.